The molecule has 0 bridgehead atoms. The van der Waals surface area contributed by atoms with Crippen LogP contribution in [0.2, 0.25) is 0 Å². The van der Waals surface area contributed by atoms with Gasteiger partial charge in [0.05, 0.1) is 13.2 Å². The average molecular weight is 178 g/mol. The molecule has 5 heteroatoms. The number of cyclic esters (lactones) is 1. The van der Waals surface area contributed by atoms with Gasteiger partial charge < -0.3 is 14.4 Å². The summed E-state index contributed by atoms with van der Waals surface area (Å²) >= 11 is 0. The Bertz CT molecular complexity index is 161. The van der Waals surface area contributed by atoms with Crippen molar-refractivity contribution < 1.29 is 19.2 Å². The molecule has 0 spiro atoms. The molecule has 0 aromatic heterocycles. The third-order valence-electron chi connectivity index (χ3n) is 1.75. The largest absolute Gasteiger partial charge is 0.454 e. The molecule has 1 rings (SSSR count). The zero-order chi connectivity index (χ0) is 8.32. The van der Waals surface area contributed by atoms with E-state index in [-0.39, 0.29) is 19.2 Å². The molecule has 0 amide bonds. The van der Waals surface area contributed by atoms with E-state index in [2.05, 4.69) is 9.47 Å². The summed E-state index contributed by atoms with van der Waals surface area (Å²) in [6.07, 6.45) is 0.908. The molecule has 4 nitrogen and oxygen atoms in total. The first-order chi connectivity index (χ1) is 5.22. The maximum atomic E-state index is 10.7. The van der Waals surface area contributed by atoms with Gasteiger partial charge >= 0.3 is 5.97 Å². The highest BCUT2D eigenvalue weighted by Gasteiger charge is 2.39. The van der Waals surface area contributed by atoms with Gasteiger partial charge in [-0.2, -0.15) is 0 Å². The van der Waals surface area contributed by atoms with E-state index >= 15 is 0 Å². The molecule has 2 atom stereocenters. The zero-order valence-electron chi connectivity index (χ0n) is 6.08. The van der Waals surface area contributed by atoms with E-state index in [1.165, 1.54) is 0 Å². The van der Waals surface area contributed by atoms with Crippen molar-refractivity contribution in [1.29, 1.82) is 0 Å². The second-order valence-electron chi connectivity index (χ2n) is 2.63. The highest BCUT2D eigenvalue weighted by molar-refractivity contribution is 7.09. The van der Waals surface area contributed by atoms with Crippen molar-refractivity contribution in [1.82, 2.24) is 0 Å². The van der Waals surface area contributed by atoms with Gasteiger partial charge in [-0.3, -0.25) is 4.79 Å². The molecule has 0 aromatic carbocycles. The first kappa shape index (κ1) is 8.91. The average Bonchev–Trinajstić information content (AvgIpc) is 2.34. The fraction of sp³-hybridized carbons (Fsp3) is 0.833. The molecule has 1 saturated heterocycles. The number of carbonyl (C=O) groups excluding carboxylic acids is 1. The quantitative estimate of drug-likeness (QED) is 0.482. The smallest absolute Gasteiger partial charge is 0.306 e. The van der Waals surface area contributed by atoms with Crippen LogP contribution in [0.3, 0.4) is 0 Å². The summed E-state index contributed by atoms with van der Waals surface area (Å²) in [5, 5.41) is 8.90. The maximum absolute atomic E-state index is 10.7. The molecular formula is C6H11O4P. The van der Waals surface area contributed by atoms with Crippen LogP contribution in [0.15, 0.2) is 0 Å². The van der Waals surface area contributed by atoms with Crippen LogP contribution in [0.4, 0.5) is 0 Å². The molecule has 1 N–H and O–H groups in total. The van der Waals surface area contributed by atoms with Gasteiger partial charge in [-0.15, -0.1) is 0 Å². The number of rotatable bonds is 3. The molecule has 0 aliphatic carbocycles. The van der Waals surface area contributed by atoms with Gasteiger partial charge in [0.15, 0.2) is 5.60 Å². The van der Waals surface area contributed by atoms with Crippen molar-refractivity contribution in [2.24, 2.45) is 0 Å². The van der Waals surface area contributed by atoms with Gasteiger partial charge in [0.2, 0.25) is 0 Å². The summed E-state index contributed by atoms with van der Waals surface area (Å²) in [5.41, 5.74) is -0.779. The predicted octanol–water partition coefficient (Wildman–Crippen LogP) is -0.139. The number of esters is 1. The van der Waals surface area contributed by atoms with Crippen molar-refractivity contribution >= 4 is 15.4 Å². The van der Waals surface area contributed by atoms with Crippen LogP contribution >= 0.6 is 9.47 Å². The van der Waals surface area contributed by atoms with E-state index in [4.69, 9.17) is 14.4 Å². The van der Waals surface area contributed by atoms with Gasteiger partial charge in [0.1, 0.15) is 0 Å². The number of hydrogen-bond acceptors (Lipinski definition) is 4. The first-order valence-corrected chi connectivity index (χ1v) is 3.84. The molecule has 1 heterocycles. The Kier molecular flexibility index (Phi) is 2.82. The Morgan fingerprint density at radius 1 is 1.82 bits per heavy atom. The third kappa shape index (κ3) is 1.89. The predicted molar refractivity (Wildman–Crippen MR) is 40.8 cm³/mol. The first-order valence-electron chi connectivity index (χ1n) is 3.37. The van der Waals surface area contributed by atoms with E-state index in [1.807, 2.05) is 0 Å². The van der Waals surface area contributed by atoms with E-state index in [9.17, 15) is 4.79 Å². The Balaban J connectivity index is 2.54. The second kappa shape index (κ2) is 3.48. The minimum absolute atomic E-state index is 0.173. The zero-order valence-corrected chi connectivity index (χ0v) is 7.23. The van der Waals surface area contributed by atoms with E-state index in [0.717, 1.165) is 0 Å². The standard InChI is InChI=1S/C6H11O4P/c7-3-6(4-9-11)2-1-5(8)10-6/h7H,1-4,11H2. The van der Waals surface area contributed by atoms with Crippen LogP contribution in [0.25, 0.3) is 0 Å². The fourth-order valence-electron chi connectivity index (χ4n) is 1.08. The van der Waals surface area contributed by atoms with Crippen LogP contribution < -0.4 is 0 Å². The molecule has 0 radical (unpaired) electrons. The van der Waals surface area contributed by atoms with Gasteiger partial charge in [0, 0.05) is 22.3 Å². The lowest BCUT2D eigenvalue weighted by atomic mass is 10.0. The Labute approximate surface area is 67.2 Å². The SMILES string of the molecule is O=C1CCC(CO)(COP)O1. The topological polar surface area (TPSA) is 55.8 Å². The molecule has 0 aromatic rings. The molecule has 1 aliphatic heterocycles. The highest BCUT2D eigenvalue weighted by Crippen LogP contribution is 2.26. The van der Waals surface area contributed by atoms with E-state index in [0.29, 0.717) is 12.8 Å². The lowest BCUT2D eigenvalue weighted by Gasteiger charge is -2.23. The summed E-state index contributed by atoms with van der Waals surface area (Å²) in [5.74, 6) is -0.263. The Hall–Kier alpha value is -0.180. The number of hydrogen-bond donors (Lipinski definition) is 1. The molecule has 0 saturated carbocycles. The van der Waals surface area contributed by atoms with Crippen LogP contribution in [0, 0.1) is 0 Å². The molecule has 2 unspecified atom stereocenters. The summed E-state index contributed by atoms with van der Waals surface area (Å²) < 4.78 is 9.66. The Morgan fingerprint density at radius 2 is 2.55 bits per heavy atom. The van der Waals surface area contributed by atoms with Crippen LogP contribution in [-0.4, -0.2) is 29.9 Å². The second-order valence-corrected chi connectivity index (χ2v) is 2.96. The van der Waals surface area contributed by atoms with Gasteiger partial charge in [-0.05, 0) is 0 Å². The fourth-order valence-corrected chi connectivity index (χ4v) is 1.39. The summed E-state index contributed by atoms with van der Waals surface area (Å²) in [6, 6.07) is 0. The van der Waals surface area contributed by atoms with Crippen molar-refractivity contribution in [3.8, 4) is 0 Å². The molecule has 64 valence electrons. The Morgan fingerprint density at radius 3 is 2.91 bits per heavy atom. The summed E-state index contributed by atoms with van der Waals surface area (Å²) in [6.45, 7) is 0.0625. The molecule has 1 fully saturated rings. The minimum atomic E-state index is -0.779. The number of ether oxygens (including phenoxy) is 1. The lowest BCUT2D eigenvalue weighted by Crippen LogP contribution is -2.37. The number of carbonyl (C=O) groups is 1. The van der Waals surface area contributed by atoms with E-state index in [1.54, 1.807) is 0 Å². The molecule has 11 heavy (non-hydrogen) atoms. The minimum Gasteiger partial charge on any atom is -0.454 e. The van der Waals surface area contributed by atoms with Crippen molar-refractivity contribution in [3.05, 3.63) is 0 Å². The van der Waals surface area contributed by atoms with Gasteiger partial charge in [-0.1, -0.05) is 0 Å². The molecule has 1 aliphatic rings. The highest BCUT2D eigenvalue weighted by atomic mass is 31.0. The van der Waals surface area contributed by atoms with Crippen LogP contribution in [-0.2, 0) is 14.1 Å². The van der Waals surface area contributed by atoms with Crippen molar-refractivity contribution in [3.63, 3.8) is 0 Å². The normalized spacial score (nSPS) is 30.5. The van der Waals surface area contributed by atoms with Crippen molar-refractivity contribution in [2.75, 3.05) is 13.2 Å². The van der Waals surface area contributed by atoms with Crippen LogP contribution in [0.5, 0.6) is 0 Å². The third-order valence-corrected chi connectivity index (χ3v) is 1.92. The molecular weight excluding hydrogens is 167 g/mol. The maximum Gasteiger partial charge on any atom is 0.306 e. The number of aliphatic hydroxyl groups is 1. The van der Waals surface area contributed by atoms with E-state index < -0.39 is 5.60 Å². The van der Waals surface area contributed by atoms with Gasteiger partial charge in [-0.25, -0.2) is 0 Å². The monoisotopic (exact) mass is 178 g/mol. The lowest BCUT2D eigenvalue weighted by molar-refractivity contribution is -0.154. The number of aliphatic hydroxyl groups excluding tert-OH is 1. The van der Waals surface area contributed by atoms with Gasteiger partial charge in [0.25, 0.3) is 0 Å². The van der Waals surface area contributed by atoms with Crippen molar-refractivity contribution in [2.45, 2.75) is 18.4 Å². The van der Waals surface area contributed by atoms with Crippen LogP contribution in [0.1, 0.15) is 12.8 Å². The summed E-state index contributed by atoms with van der Waals surface area (Å²) in [4.78, 5) is 10.7. The summed E-state index contributed by atoms with van der Waals surface area (Å²) in [7, 11) is 2.07.